The Labute approximate surface area is 89.2 Å². The number of carbonyl (C=O) groups is 1. The molecule has 2 heteroatoms. The molecule has 0 atom stereocenters. The maximum Gasteiger partial charge on any atom is 0.172 e. The second kappa shape index (κ2) is 4.97. The summed E-state index contributed by atoms with van der Waals surface area (Å²) in [5, 5.41) is 0. The summed E-state index contributed by atoms with van der Waals surface area (Å²) >= 11 is 1.58. The molecule has 0 N–H and O–H groups in total. The molecule has 1 aromatic rings. The normalized spacial score (nSPS) is 9.79. The van der Waals surface area contributed by atoms with Gasteiger partial charge in [0, 0.05) is 17.7 Å². The van der Waals surface area contributed by atoms with Gasteiger partial charge in [-0.05, 0) is 31.9 Å². The van der Waals surface area contributed by atoms with Gasteiger partial charge in [0.1, 0.15) is 0 Å². The lowest BCUT2D eigenvalue weighted by molar-refractivity contribution is 0.0984. The zero-order valence-electron chi connectivity index (χ0n) is 8.59. The SMILES string of the molecule is C#CCCCC(=O)c1cc(C)c(C)s1. The average molecular weight is 206 g/mol. The third-order valence-electron chi connectivity index (χ3n) is 2.17. The molecular weight excluding hydrogens is 192 g/mol. The van der Waals surface area contributed by atoms with Gasteiger partial charge in [-0.2, -0.15) is 0 Å². The van der Waals surface area contributed by atoms with Crippen molar-refractivity contribution in [2.75, 3.05) is 0 Å². The van der Waals surface area contributed by atoms with Gasteiger partial charge in [0.15, 0.2) is 5.78 Å². The standard InChI is InChI=1S/C12H14OS/c1-4-5-6-7-11(13)12-8-9(2)10(3)14-12/h1,8H,5-7H2,2-3H3. The first-order valence-electron chi connectivity index (χ1n) is 4.69. The maximum absolute atomic E-state index is 11.6. The molecule has 0 amide bonds. The summed E-state index contributed by atoms with van der Waals surface area (Å²) in [6.07, 6.45) is 7.18. The van der Waals surface area contributed by atoms with Crippen LogP contribution in [0, 0.1) is 26.2 Å². The van der Waals surface area contributed by atoms with Crippen LogP contribution in [0.5, 0.6) is 0 Å². The highest BCUT2D eigenvalue weighted by molar-refractivity contribution is 7.14. The first-order chi connectivity index (χ1) is 6.65. The number of ketones is 1. The fourth-order valence-electron chi connectivity index (χ4n) is 1.18. The third-order valence-corrected chi connectivity index (χ3v) is 3.36. The molecule has 1 aromatic heterocycles. The van der Waals surface area contributed by atoms with Crippen LogP contribution in [0.4, 0.5) is 0 Å². The van der Waals surface area contributed by atoms with Crippen LogP contribution in [0.25, 0.3) is 0 Å². The Balaban J connectivity index is 2.57. The van der Waals surface area contributed by atoms with E-state index in [0.29, 0.717) is 12.8 Å². The third kappa shape index (κ3) is 2.71. The van der Waals surface area contributed by atoms with Crippen molar-refractivity contribution in [1.29, 1.82) is 0 Å². The van der Waals surface area contributed by atoms with Crippen LogP contribution in [0.15, 0.2) is 6.07 Å². The van der Waals surface area contributed by atoms with Crippen LogP contribution in [0.3, 0.4) is 0 Å². The van der Waals surface area contributed by atoms with E-state index < -0.39 is 0 Å². The van der Waals surface area contributed by atoms with Crippen LogP contribution in [0.1, 0.15) is 39.4 Å². The number of aryl methyl sites for hydroxylation is 2. The first-order valence-corrected chi connectivity index (χ1v) is 5.50. The largest absolute Gasteiger partial charge is 0.293 e. The molecule has 0 saturated heterocycles. The van der Waals surface area contributed by atoms with Crippen LogP contribution in [-0.2, 0) is 0 Å². The van der Waals surface area contributed by atoms with Crippen molar-refractivity contribution in [2.24, 2.45) is 0 Å². The Morgan fingerprint density at radius 3 is 2.79 bits per heavy atom. The van der Waals surface area contributed by atoms with E-state index in [2.05, 4.69) is 5.92 Å². The van der Waals surface area contributed by atoms with Gasteiger partial charge in [0.25, 0.3) is 0 Å². The van der Waals surface area contributed by atoms with Crippen molar-refractivity contribution in [3.63, 3.8) is 0 Å². The van der Waals surface area contributed by atoms with E-state index >= 15 is 0 Å². The fraction of sp³-hybridized carbons (Fsp3) is 0.417. The van der Waals surface area contributed by atoms with Crippen LogP contribution in [0.2, 0.25) is 0 Å². The smallest absolute Gasteiger partial charge is 0.172 e. The fourth-order valence-corrected chi connectivity index (χ4v) is 2.19. The molecule has 0 aromatic carbocycles. The molecule has 0 aliphatic rings. The second-order valence-corrected chi connectivity index (χ2v) is 4.59. The number of unbranched alkanes of at least 4 members (excludes halogenated alkanes) is 1. The van der Waals surface area contributed by atoms with Crippen molar-refractivity contribution >= 4 is 17.1 Å². The first kappa shape index (κ1) is 11.0. The summed E-state index contributed by atoms with van der Waals surface area (Å²) in [5.41, 5.74) is 1.20. The molecule has 1 rings (SSSR count). The minimum absolute atomic E-state index is 0.224. The van der Waals surface area contributed by atoms with Crippen molar-refractivity contribution in [2.45, 2.75) is 33.1 Å². The molecule has 0 unspecified atom stereocenters. The Morgan fingerprint density at radius 1 is 1.57 bits per heavy atom. The van der Waals surface area contributed by atoms with Gasteiger partial charge in [-0.3, -0.25) is 4.79 Å². The van der Waals surface area contributed by atoms with Crippen molar-refractivity contribution in [3.8, 4) is 12.3 Å². The number of Topliss-reactive ketones (excluding diaryl/α,β-unsaturated/α-hetero) is 1. The molecule has 0 bridgehead atoms. The molecule has 0 aliphatic carbocycles. The lowest BCUT2D eigenvalue weighted by atomic mass is 10.1. The Kier molecular flexibility index (Phi) is 3.91. The molecule has 0 radical (unpaired) electrons. The summed E-state index contributed by atoms with van der Waals surface area (Å²) in [6, 6.07) is 1.97. The number of rotatable bonds is 4. The zero-order valence-corrected chi connectivity index (χ0v) is 9.41. The van der Waals surface area contributed by atoms with Gasteiger partial charge in [-0.1, -0.05) is 0 Å². The van der Waals surface area contributed by atoms with Gasteiger partial charge >= 0.3 is 0 Å². The van der Waals surface area contributed by atoms with E-state index in [1.807, 2.05) is 19.9 Å². The van der Waals surface area contributed by atoms with Crippen LogP contribution in [-0.4, -0.2) is 5.78 Å². The highest BCUT2D eigenvalue weighted by Crippen LogP contribution is 2.22. The minimum atomic E-state index is 0.224. The van der Waals surface area contributed by atoms with E-state index in [4.69, 9.17) is 6.42 Å². The van der Waals surface area contributed by atoms with E-state index in [-0.39, 0.29) is 5.78 Å². The topological polar surface area (TPSA) is 17.1 Å². The summed E-state index contributed by atoms with van der Waals surface area (Å²) < 4.78 is 0. The van der Waals surface area contributed by atoms with Gasteiger partial charge < -0.3 is 0 Å². The van der Waals surface area contributed by atoms with Crippen molar-refractivity contribution in [3.05, 3.63) is 21.4 Å². The molecule has 0 aliphatic heterocycles. The van der Waals surface area contributed by atoms with E-state index in [1.165, 1.54) is 10.4 Å². The number of terminal acetylenes is 1. The van der Waals surface area contributed by atoms with Gasteiger partial charge in [-0.25, -0.2) is 0 Å². The zero-order chi connectivity index (χ0) is 10.6. The molecular formula is C12H14OS. The lowest BCUT2D eigenvalue weighted by Gasteiger charge is -1.93. The molecule has 14 heavy (non-hydrogen) atoms. The molecule has 1 heterocycles. The Morgan fingerprint density at radius 2 is 2.29 bits per heavy atom. The number of carbonyl (C=O) groups excluding carboxylic acids is 1. The predicted molar refractivity (Wildman–Crippen MR) is 60.8 cm³/mol. The molecule has 1 nitrogen and oxygen atoms in total. The van der Waals surface area contributed by atoms with Gasteiger partial charge in [0.2, 0.25) is 0 Å². The maximum atomic E-state index is 11.6. The lowest BCUT2D eigenvalue weighted by Crippen LogP contribution is -1.94. The van der Waals surface area contributed by atoms with Gasteiger partial charge in [-0.15, -0.1) is 23.7 Å². The summed E-state index contributed by atoms with van der Waals surface area (Å²) in [6.45, 7) is 4.07. The summed E-state index contributed by atoms with van der Waals surface area (Å²) in [5.74, 6) is 2.77. The van der Waals surface area contributed by atoms with Crippen LogP contribution < -0.4 is 0 Å². The van der Waals surface area contributed by atoms with E-state index in [9.17, 15) is 4.79 Å². The number of thiophene rings is 1. The predicted octanol–water partition coefficient (Wildman–Crippen LogP) is 3.35. The highest BCUT2D eigenvalue weighted by Gasteiger charge is 2.09. The van der Waals surface area contributed by atoms with E-state index in [0.717, 1.165) is 11.3 Å². The Hall–Kier alpha value is -1.07. The number of hydrogen-bond donors (Lipinski definition) is 0. The molecule has 0 spiro atoms. The van der Waals surface area contributed by atoms with Crippen molar-refractivity contribution < 1.29 is 4.79 Å². The molecule has 74 valence electrons. The average Bonchev–Trinajstić information content (AvgIpc) is 2.47. The highest BCUT2D eigenvalue weighted by atomic mass is 32.1. The monoisotopic (exact) mass is 206 g/mol. The Bertz CT molecular complexity index is 349. The van der Waals surface area contributed by atoms with Crippen molar-refractivity contribution in [1.82, 2.24) is 0 Å². The van der Waals surface area contributed by atoms with Gasteiger partial charge in [0.05, 0.1) is 4.88 Å². The quantitative estimate of drug-likeness (QED) is 0.419. The molecule has 0 saturated carbocycles. The van der Waals surface area contributed by atoms with E-state index in [1.54, 1.807) is 11.3 Å². The molecule has 0 fully saturated rings. The minimum Gasteiger partial charge on any atom is -0.293 e. The van der Waals surface area contributed by atoms with Crippen LogP contribution >= 0.6 is 11.3 Å². The summed E-state index contributed by atoms with van der Waals surface area (Å²) in [7, 11) is 0. The second-order valence-electron chi connectivity index (χ2n) is 3.33. The number of hydrogen-bond acceptors (Lipinski definition) is 2. The summed E-state index contributed by atoms with van der Waals surface area (Å²) in [4.78, 5) is 13.7.